The van der Waals surface area contributed by atoms with Gasteiger partial charge in [0.05, 0.1) is 27.4 Å². The SMILES string of the molecule is CC[C@H](C)c1ccc([C@@H](NC(=O)[C@@H](C)NC(=O)c2cc(OC)c(OC)c(OC)c2)C(C)C)cc1. The average Bonchev–Trinajstić information content (AvgIpc) is 2.85. The molecule has 0 saturated carbocycles. The van der Waals surface area contributed by atoms with Gasteiger partial charge in [0.15, 0.2) is 11.5 Å². The van der Waals surface area contributed by atoms with Crippen LogP contribution in [-0.4, -0.2) is 39.2 Å². The highest BCUT2D eigenvalue weighted by atomic mass is 16.5. The van der Waals surface area contributed by atoms with E-state index < -0.39 is 11.9 Å². The minimum Gasteiger partial charge on any atom is -0.493 e. The fraction of sp³-hybridized carbons (Fsp3) is 0.481. The minimum atomic E-state index is -0.743. The Labute approximate surface area is 203 Å². The second-order valence-corrected chi connectivity index (χ2v) is 8.82. The molecule has 2 amide bonds. The van der Waals surface area contributed by atoms with Crippen LogP contribution >= 0.6 is 0 Å². The summed E-state index contributed by atoms with van der Waals surface area (Å²) >= 11 is 0. The summed E-state index contributed by atoms with van der Waals surface area (Å²) in [7, 11) is 4.46. The van der Waals surface area contributed by atoms with E-state index in [1.807, 2.05) is 0 Å². The van der Waals surface area contributed by atoms with Gasteiger partial charge in [-0.3, -0.25) is 9.59 Å². The zero-order chi connectivity index (χ0) is 25.4. The van der Waals surface area contributed by atoms with E-state index in [1.54, 1.807) is 19.1 Å². The van der Waals surface area contributed by atoms with Gasteiger partial charge >= 0.3 is 0 Å². The Balaban J connectivity index is 2.14. The van der Waals surface area contributed by atoms with Gasteiger partial charge in [-0.2, -0.15) is 0 Å². The zero-order valence-electron chi connectivity index (χ0n) is 21.5. The molecule has 34 heavy (non-hydrogen) atoms. The molecule has 0 heterocycles. The molecule has 2 aromatic carbocycles. The first-order chi connectivity index (χ1) is 16.2. The van der Waals surface area contributed by atoms with Crippen molar-refractivity contribution in [2.24, 2.45) is 5.92 Å². The van der Waals surface area contributed by atoms with Crippen LogP contribution in [0.25, 0.3) is 0 Å². The van der Waals surface area contributed by atoms with Crippen molar-refractivity contribution in [3.05, 3.63) is 53.1 Å². The first-order valence-corrected chi connectivity index (χ1v) is 11.7. The third-order valence-corrected chi connectivity index (χ3v) is 6.11. The van der Waals surface area contributed by atoms with Crippen molar-refractivity contribution < 1.29 is 23.8 Å². The number of carbonyl (C=O) groups excluding carboxylic acids is 2. The Morgan fingerprint density at radius 1 is 0.824 bits per heavy atom. The Morgan fingerprint density at radius 3 is 1.79 bits per heavy atom. The lowest BCUT2D eigenvalue weighted by Crippen LogP contribution is -2.46. The lowest BCUT2D eigenvalue weighted by Gasteiger charge is -2.25. The average molecular weight is 471 g/mol. The third kappa shape index (κ3) is 6.43. The van der Waals surface area contributed by atoms with Crippen molar-refractivity contribution in [2.45, 2.75) is 59.0 Å². The van der Waals surface area contributed by atoms with Crippen LogP contribution in [-0.2, 0) is 4.79 Å². The molecular weight excluding hydrogens is 432 g/mol. The molecule has 0 aromatic heterocycles. The van der Waals surface area contributed by atoms with Gasteiger partial charge in [-0.15, -0.1) is 0 Å². The summed E-state index contributed by atoms with van der Waals surface area (Å²) in [6, 6.07) is 10.6. The summed E-state index contributed by atoms with van der Waals surface area (Å²) in [6.45, 7) is 10.2. The van der Waals surface area contributed by atoms with E-state index in [2.05, 4.69) is 62.6 Å². The summed E-state index contributed by atoms with van der Waals surface area (Å²) < 4.78 is 15.9. The smallest absolute Gasteiger partial charge is 0.252 e. The number of benzene rings is 2. The van der Waals surface area contributed by atoms with Crippen LogP contribution < -0.4 is 24.8 Å². The Morgan fingerprint density at radius 2 is 1.35 bits per heavy atom. The molecule has 0 fully saturated rings. The maximum atomic E-state index is 13.0. The highest BCUT2D eigenvalue weighted by molar-refractivity contribution is 5.98. The van der Waals surface area contributed by atoms with Gasteiger partial charge in [0.2, 0.25) is 11.7 Å². The molecule has 7 nitrogen and oxygen atoms in total. The van der Waals surface area contributed by atoms with Crippen molar-refractivity contribution in [1.82, 2.24) is 10.6 Å². The number of nitrogens with one attached hydrogen (secondary N) is 2. The number of rotatable bonds is 11. The molecule has 0 aliphatic heterocycles. The molecule has 0 unspecified atom stereocenters. The third-order valence-electron chi connectivity index (χ3n) is 6.11. The van der Waals surface area contributed by atoms with Crippen LogP contribution in [0.2, 0.25) is 0 Å². The minimum absolute atomic E-state index is 0.168. The lowest BCUT2D eigenvalue weighted by atomic mass is 9.92. The highest BCUT2D eigenvalue weighted by Crippen LogP contribution is 2.38. The fourth-order valence-electron chi connectivity index (χ4n) is 3.74. The van der Waals surface area contributed by atoms with Crippen LogP contribution in [0, 0.1) is 5.92 Å². The molecule has 2 aromatic rings. The van der Waals surface area contributed by atoms with Crippen LogP contribution in [0.5, 0.6) is 17.2 Å². The van der Waals surface area contributed by atoms with Crippen LogP contribution in [0.4, 0.5) is 0 Å². The number of methoxy groups -OCH3 is 3. The first-order valence-electron chi connectivity index (χ1n) is 11.7. The number of hydrogen-bond donors (Lipinski definition) is 2. The van der Waals surface area contributed by atoms with Crippen LogP contribution in [0.15, 0.2) is 36.4 Å². The molecule has 0 radical (unpaired) electrons. The standard InChI is InChI=1S/C27H38N2O5/c1-9-17(4)19-10-12-20(13-11-19)24(16(2)3)29-26(30)18(5)28-27(31)21-14-22(32-6)25(34-8)23(15-21)33-7/h10-18,24H,9H2,1-8H3,(H,28,31)(H,29,30)/t17-,18+,24-/m0/s1. The molecule has 2 N–H and O–H groups in total. The summed E-state index contributed by atoms with van der Waals surface area (Å²) in [5.74, 6) is 1.12. The van der Waals surface area contributed by atoms with Gasteiger partial charge in [0.25, 0.3) is 5.91 Å². The first kappa shape index (κ1) is 27.0. The Hall–Kier alpha value is -3.22. The zero-order valence-corrected chi connectivity index (χ0v) is 21.5. The van der Waals surface area contributed by atoms with Crippen molar-refractivity contribution in [3.63, 3.8) is 0 Å². The Bertz CT molecular complexity index is 946. The van der Waals surface area contributed by atoms with Gasteiger partial charge in [-0.1, -0.05) is 52.0 Å². The number of hydrogen-bond acceptors (Lipinski definition) is 5. The topological polar surface area (TPSA) is 85.9 Å². The second kappa shape index (κ2) is 12.3. The summed E-state index contributed by atoms with van der Waals surface area (Å²) in [5, 5.41) is 5.85. The van der Waals surface area contributed by atoms with Crippen LogP contribution in [0.1, 0.15) is 74.5 Å². The van der Waals surface area contributed by atoms with Gasteiger partial charge < -0.3 is 24.8 Å². The van der Waals surface area contributed by atoms with Gasteiger partial charge in [-0.25, -0.2) is 0 Å². The molecular formula is C27H38N2O5. The van der Waals surface area contributed by atoms with Crippen molar-refractivity contribution in [2.75, 3.05) is 21.3 Å². The number of amides is 2. The quantitative estimate of drug-likeness (QED) is 0.490. The molecule has 0 aliphatic carbocycles. The monoisotopic (exact) mass is 470 g/mol. The van der Waals surface area contributed by atoms with Gasteiger partial charge in [-0.05, 0) is 48.4 Å². The van der Waals surface area contributed by atoms with Crippen molar-refractivity contribution >= 4 is 11.8 Å². The number of ether oxygens (including phenoxy) is 3. The fourth-order valence-corrected chi connectivity index (χ4v) is 3.74. The molecule has 0 aliphatic rings. The highest BCUT2D eigenvalue weighted by Gasteiger charge is 2.24. The van der Waals surface area contributed by atoms with E-state index in [1.165, 1.54) is 26.9 Å². The normalized spacial score (nSPS) is 13.6. The van der Waals surface area contributed by atoms with E-state index in [0.29, 0.717) is 28.7 Å². The predicted molar refractivity (Wildman–Crippen MR) is 134 cm³/mol. The maximum Gasteiger partial charge on any atom is 0.252 e. The van der Waals surface area contributed by atoms with Crippen molar-refractivity contribution in [1.29, 1.82) is 0 Å². The largest absolute Gasteiger partial charge is 0.493 e. The van der Waals surface area contributed by atoms with Crippen molar-refractivity contribution in [3.8, 4) is 17.2 Å². The van der Waals surface area contributed by atoms with E-state index in [-0.39, 0.29) is 17.9 Å². The molecule has 0 spiro atoms. The molecule has 3 atom stereocenters. The van der Waals surface area contributed by atoms with E-state index in [0.717, 1.165) is 12.0 Å². The maximum absolute atomic E-state index is 13.0. The predicted octanol–water partition coefficient (Wildman–Crippen LogP) is 4.86. The molecule has 7 heteroatoms. The Kier molecular flexibility index (Phi) is 9.78. The molecule has 0 saturated heterocycles. The van der Waals surface area contributed by atoms with E-state index >= 15 is 0 Å². The van der Waals surface area contributed by atoms with Gasteiger partial charge in [0.1, 0.15) is 6.04 Å². The summed E-state index contributed by atoms with van der Waals surface area (Å²) in [5.41, 5.74) is 2.62. The van der Waals surface area contributed by atoms with Crippen LogP contribution in [0.3, 0.4) is 0 Å². The lowest BCUT2D eigenvalue weighted by molar-refractivity contribution is -0.123. The number of carbonyl (C=O) groups is 2. The molecule has 2 rings (SSSR count). The molecule has 0 bridgehead atoms. The summed E-state index contributed by atoms with van der Waals surface area (Å²) in [4.78, 5) is 25.8. The van der Waals surface area contributed by atoms with E-state index in [4.69, 9.17) is 14.2 Å². The van der Waals surface area contributed by atoms with E-state index in [9.17, 15) is 9.59 Å². The summed E-state index contributed by atoms with van der Waals surface area (Å²) in [6.07, 6.45) is 1.08. The second-order valence-electron chi connectivity index (χ2n) is 8.82. The molecule has 186 valence electrons. The van der Waals surface area contributed by atoms with Gasteiger partial charge in [0, 0.05) is 5.56 Å².